The molecule has 4 heteroatoms. The Hall–Kier alpha value is -6.75. The molecule has 0 amide bonds. The topological polar surface area (TPSA) is 22.2 Å². The van der Waals surface area contributed by atoms with Crippen LogP contribution < -0.4 is 0 Å². The summed E-state index contributed by atoms with van der Waals surface area (Å²) in [6, 6.07) is 66.9. The van der Waals surface area contributed by atoms with Gasteiger partial charge >= 0.3 is 0 Å². The Kier molecular flexibility index (Phi) is 6.14. The first kappa shape index (κ1) is 29.8. The largest absolute Gasteiger partial charge is 0.308 e. The van der Waals surface area contributed by atoms with Crippen LogP contribution in [0, 0.1) is 0 Å². The SMILES string of the molecule is c1ccc(C2(c3ccccc3)c3ccccc3-c3cc4c(cc32)c2sc3ccccc3c2n4-c2cccc(-c3cccn4nc5ccccc5c34)c2)cc1. The molecule has 3 nitrogen and oxygen atoms in total. The van der Waals surface area contributed by atoms with Gasteiger partial charge in [-0.2, -0.15) is 5.10 Å². The Balaban J connectivity index is 1.19. The second kappa shape index (κ2) is 11.1. The molecular formula is C50H31N3S. The van der Waals surface area contributed by atoms with Gasteiger partial charge in [0, 0.05) is 38.3 Å². The Bertz CT molecular complexity index is 3240. The molecule has 0 bridgehead atoms. The molecule has 0 N–H and O–H groups in total. The van der Waals surface area contributed by atoms with E-state index in [2.05, 4.69) is 187 Å². The minimum absolute atomic E-state index is 0.458. The molecule has 0 saturated carbocycles. The highest BCUT2D eigenvalue weighted by atomic mass is 32.1. The smallest absolute Gasteiger partial charge is 0.0934 e. The molecule has 0 saturated heterocycles. The van der Waals surface area contributed by atoms with Gasteiger partial charge < -0.3 is 4.57 Å². The van der Waals surface area contributed by atoms with E-state index in [9.17, 15) is 0 Å². The fourth-order valence-corrected chi connectivity index (χ4v) is 10.7. The number of rotatable bonds is 4. The van der Waals surface area contributed by atoms with Gasteiger partial charge in [0.05, 0.1) is 32.2 Å². The van der Waals surface area contributed by atoms with Crippen LogP contribution in [0.3, 0.4) is 0 Å². The summed E-state index contributed by atoms with van der Waals surface area (Å²) in [6.45, 7) is 0. The van der Waals surface area contributed by atoms with E-state index in [4.69, 9.17) is 5.10 Å². The van der Waals surface area contributed by atoms with Crippen LogP contribution in [0.25, 0.3) is 75.6 Å². The summed E-state index contributed by atoms with van der Waals surface area (Å²) in [5.41, 5.74) is 15.4. The third-order valence-electron chi connectivity index (χ3n) is 11.6. The van der Waals surface area contributed by atoms with Crippen molar-refractivity contribution in [2.24, 2.45) is 0 Å². The lowest BCUT2D eigenvalue weighted by molar-refractivity contribution is 0.769. The zero-order chi connectivity index (χ0) is 35.4. The van der Waals surface area contributed by atoms with Crippen LogP contribution in [0.2, 0.25) is 0 Å². The molecule has 11 aromatic rings. The zero-order valence-electron chi connectivity index (χ0n) is 29.1. The lowest BCUT2D eigenvalue weighted by Gasteiger charge is -2.33. The number of benzene rings is 7. The average molecular weight is 706 g/mol. The fraction of sp³-hybridized carbons (Fsp3) is 0.0200. The van der Waals surface area contributed by atoms with Crippen molar-refractivity contribution in [1.82, 2.24) is 14.2 Å². The van der Waals surface area contributed by atoms with Crippen molar-refractivity contribution >= 4 is 59.0 Å². The molecule has 0 radical (unpaired) electrons. The molecule has 0 unspecified atom stereocenters. The fourth-order valence-electron chi connectivity index (χ4n) is 9.44. The quantitative estimate of drug-likeness (QED) is 0.179. The predicted octanol–water partition coefficient (Wildman–Crippen LogP) is 12.8. The van der Waals surface area contributed by atoms with Crippen LogP contribution in [0.15, 0.2) is 188 Å². The molecule has 1 aliphatic carbocycles. The van der Waals surface area contributed by atoms with E-state index in [-0.39, 0.29) is 0 Å². The van der Waals surface area contributed by atoms with Gasteiger partial charge in [0.1, 0.15) is 0 Å². The van der Waals surface area contributed by atoms with Crippen molar-refractivity contribution in [2.75, 3.05) is 0 Å². The predicted molar refractivity (Wildman–Crippen MR) is 225 cm³/mol. The van der Waals surface area contributed by atoms with Crippen LogP contribution in [0.4, 0.5) is 0 Å². The first-order chi connectivity index (χ1) is 26.8. The van der Waals surface area contributed by atoms with Gasteiger partial charge in [-0.1, -0.05) is 140 Å². The molecule has 0 aliphatic heterocycles. The first-order valence-electron chi connectivity index (χ1n) is 18.5. The molecule has 0 fully saturated rings. The number of thiophene rings is 1. The lowest BCUT2D eigenvalue weighted by Crippen LogP contribution is -2.28. The minimum atomic E-state index is -0.458. The Morgan fingerprint density at radius 3 is 2.02 bits per heavy atom. The summed E-state index contributed by atoms with van der Waals surface area (Å²) in [5, 5.41) is 8.62. The first-order valence-corrected chi connectivity index (χ1v) is 19.3. The van der Waals surface area contributed by atoms with Gasteiger partial charge in [-0.25, -0.2) is 4.52 Å². The number of fused-ring (bicyclic) bond motifs is 11. The van der Waals surface area contributed by atoms with Crippen molar-refractivity contribution in [2.45, 2.75) is 5.41 Å². The van der Waals surface area contributed by atoms with Crippen molar-refractivity contribution in [3.63, 3.8) is 0 Å². The number of nitrogens with zero attached hydrogens (tertiary/aromatic N) is 3. The van der Waals surface area contributed by atoms with Crippen molar-refractivity contribution in [1.29, 1.82) is 0 Å². The highest BCUT2D eigenvalue weighted by Gasteiger charge is 2.46. The summed E-state index contributed by atoms with van der Waals surface area (Å²) >= 11 is 1.90. The van der Waals surface area contributed by atoms with Crippen molar-refractivity contribution in [3.05, 3.63) is 210 Å². The van der Waals surface area contributed by atoms with Crippen LogP contribution in [0.1, 0.15) is 22.3 Å². The molecule has 12 rings (SSSR count). The van der Waals surface area contributed by atoms with E-state index < -0.39 is 5.41 Å². The minimum Gasteiger partial charge on any atom is -0.308 e. The van der Waals surface area contributed by atoms with E-state index in [1.807, 2.05) is 22.0 Å². The van der Waals surface area contributed by atoms with Gasteiger partial charge in [0.15, 0.2) is 0 Å². The van der Waals surface area contributed by atoms with Gasteiger partial charge in [0.2, 0.25) is 0 Å². The molecule has 7 aromatic carbocycles. The van der Waals surface area contributed by atoms with E-state index in [0.717, 1.165) is 27.7 Å². The third kappa shape index (κ3) is 3.92. The maximum absolute atomic E-state index is 4.90. The van der Waals surface area contributed by atoms with Crippen molar-refractivity contribution in [3.8, 4) is 27.9 Å². The van der Waals surface area contributed by atoms with Crippen molar-refractivity contribution < 1.29 is 0 Å². The molecular weight excluding hydrogens is 675 g/mol. The maximum atomic E-state index is 4.90. The van der Waals surface area contributed by atoms with E-state index >= 15 is 0 Å². The molecule has 1 aliphatic rings. The monoisotopic (exact) mass is 705 g/mol. The Morgan fingerprint density at radius 1 is 0.481 bits per heavy atom. The molecule has 252 valence electrons. The Labute approximate surface area is 315 Å². The van der Waals surface area contributed by atoms with Crippen LogP contribution >= 0.6 is 11.3 Å². The number of hydrogen-bond donors (Lipinski definition) is 0. The van der Waals surface area contributed by atoms with E-state index in [0.29, 0.717) is 0 Å². The summed E-state index contributed by atoms with van der Waals surface area (Å²) < 4.78 is 7.16. The summed E-state index contributed by atoms with van der Waals surface area (Å²) in [4.78, 5) is 0. The molecule has 0 atom stereocenters. The second-order valence-electron chi connectivity index (χ2n) is 14.3. The average Bonchev–Trinajstić information content (AvgIpc) is 3.97. The zero-order valence-corrected chi connectivity index (χ0v) is 30.0. The molecule has 0 spiro atoms. The molecule has 54 heavy (non-hydrogen) atoms. The van der Waals surface area contributed by atoms with Crippen LogP contribution in [-0.4, -0.2) is 14.2 Å². The highest BCUT2D eigenvalue weighted by Crippen LogP contribution is 2.58. The normalized spacial score (nSPS) is 13.3. The lowest BCUT2D eigenvalue weighted by atomic mass is 9.67. The summed E-state index contributed by atoms with van der Waals surface area (Å²) in [7, 11) is 0. The summed E-state index contributed by atoms with van der Waals surface area (Å²) in [6.07, 6.45) is 2.05. The second-order valence-corrected chi connectivity index (χ2v) is 15.4. The van der Waals surface area contributed by atoms with E-state index in [1.54, 1.807) is 0 Å². The Morgan fingerprint density at radius 2 is 1.19 bits per heavy atom. The van der Waals surface area contributed by atoms with E-state index in [1.165, 1.54) is 70.1 Å². The number of aromatic nitrogens is 3. The molecule has 4 aromatic heterocycles. The highest BCUT2D eigenvalue weighted by molar-refractivity contribution is 7.26. The summed E-state index contributed by atoms with van der Waals surface area (Å²) in [5.74, 6) is 0. The van der Waals surface area contributed by atoms with Crippen LogP contribution in [-0.2, 0) is 5.41 Å². The maximum Gasteiger partial charge on any atom is 0.0934 e. The van der Waals surface area contributed by atoms with Crippen LogP contribution in [0.5, 0.6) is 0 Å². The number of hydrogen-bond acceptors (Lipinski definition) is 2. The standard InChI is InChI=1S/C50H31N3S/c1-3-16-33(17-4-1)50(34-18-5-2-6-19-34)42-25-10-7-21-37(42)40-31-45-41(30-43(40)50)49-48(39-23-9-12-27-46(39)54-49)53(45)35-20-13-15-32(29-35)36-24-14-28-52-47(36)38-22-8-11-26-44(38)51-52/h1-31H. The van der Waals surface area contributed by atoms with Gasteiger partial charge in [-0.3, -0.25) is 0 Å². The van der Waals surface area contributed by atoms with Gasteiger partial charge in [0.25, 0.3) is 0 Å². The number of pyridine rings is 1. The molecule has 4 heterocycles. The van der Waals surface area contributed by atoms with Gasteiger partial charge in [-0.05, 0) is 81.4 Å². The van der Waals surface area contributed by atoms with Gasteiger partial charge in [-0.15, -0.1) is 11.3 Å². The third-order valence-corrected chi connectivity index (χ3v) is 12.8.